The molecular weight excluding hydrogens is 222 g/mol. The van der Waals surface area contributed by atoms with Crippen LogP contribution in [0, 0.1) is 0 Å². The minimum Gasteiger partial charge on any atom is -0.316 e. The summed E-state index contributed by atoms with van der Waals surface area (Å²) in [6.07, 6.45) is 0. The fraction of sp³-hybridized carbons (Fsp3) is 0.0769. The Morgan fingerprint density at radius 3 is 1.44 bits per heavy atom. The van der Waals surface area contributed by atoms with Crippen molar-refractivity contribution in [1.82, 2.24) is 5.48 Å². The lowest BCUT2D eigenvalue weighted by molar-refractivity contribution is 0.141. The highest BCUT2D eigenvalue weighted by atomic mass is 35.5. The van der Waals surface area contributed by atoms with Crippen LogP contribution in [0.1, 0.15) is 17.2 Å². The molecule has 0 aliphatic rings. The number of hydroxylamine groups is 1. The van der Waals surface area contributed by atoms with Crippen LogP contribution in [-0.2, 0) is 0 Å². The van der Waals surface area contributed by atoms with Crippen molar-refractivity contribution >= 4 is 12.4 Å². The van der Waals surface area contributed by atoms with Crippen molar-refractivity contribution in [3.63, 3.8) is 0 Å². The van der Waals surface area contributed by atoms with E-state index in [1.165, 1.54) is 0 Å². The zero-order valence-corrected chi connectivity index (χ0v) is 9.52. The second-order valence-electron chi connectivity index (χ2n) is 3.38. The number of hydrogen-bond donors (Lipinski definition) is 2. The zero-order valence-electron chi connectivity index (χ0n) is 8.71. The molecule has 3 heteroatoms. The smallest absolute Gasteiger partial charge is 0.0819 e. The Hall–Kier alpha value is -1.35. The second kappa shape index (κ2) is 6.28. The number of benzene rings is 2. The summed E-state index contributed by atoms with van der Waals surface area (Å²) in [5.74, 6) is 0. The van der Waals surface area contributed by atoms with E-state index in [-0.39, 0.29) is 18.4 Å². The van der Waals surface area contributed by atoms with E-state index >= 15 is 0 Å². The van der Waals surface area contributed by atoms with Crippen LogP contribution in [0.25, 0.3) is 0 Å². The molecule has 0 fully saturated rings. The van der Waals surface area contributed by atoms with E-state index in [9.17, 15) is 5.21 Å². The molecule has 0 aromatic heterocycles. The van der Waals surface area contributed by atoms with Crippen molar-refractivity contribution in [1.29, 1.82) is 0 Å². The predicted octanol–water partition coefficient (Wildman–Crippen LogP) is 3.18. The summed E-state index contributed by atoms with van der Waals surface area (Å²) in [6.45, 7) is 0. The standard InChI is InChI=1S/C13H13NO.ClH/c15-14-13(11-7-3-1-4-8-11)12-9-5-2-6-10-12;/h1-10,13-15H;1H. The normalized spacial score (nSPS) is 9.88. The topological polar surface area (TPSA) is 32.3 Å². The van der Waals surface area contributed by atoms with Gasteiger partial charge in [-0.1, -0.05) is 60.7 Å². The van der Waals surface area contributed by atoms with Crippen molar-refractivity contribution < 1.29 is 5.21 Å². The third-order valence-electron chi connectivity index (χ3n) is 2.39. The van der Waals surface area contributed by atoms with Crippen LogP contribution in [0.5, 0.6) is 0 Å². The van der Waals surface area contributed by atoms with Crippen molar-refractivity contribution in [2.75, 3.05) is 0 Å². The Balaban J connectivity index is 0.00000128. The van der Waals surface area contributed by atoms with Crippen LogP contribution in [0.2, 0.25) is 0 Å². The monoisotopic (exact) mass is 235 g/mol. The fourth-order valence-corrected chi connectivity index (χ4v) is 1.63. The molecule has 0 spiro atoms. The molecule has 0 atom stereocenters. The van der Waals surface area contributed by atoms with E-state index in [0.29, 0.717) is 0 Å². The molecule has 84 valence electrons. The van der Waals surface area contributed by atoms with Crippen LogP contribution in [0.4, 0.5) is 0 Å². The van der Waals surface area contributed by atoms with Gasteiger partial charge in [0.15, 0.2) is 0 Å². The first-order chi connectivity index (χ1) is 7.42. The van der Waals surface area contributed by atoms with Gasteiger partial charge in [-0.2, -0.15) is 5.48 Å². The van der Waals surface area contributed by atoms with Crippen molar-refractivity contribution in [2.24, 2.45) is 0 Å². The maximum atomic E-state index is 9.18. The Bertz CT molecular complexity index is 365. The van der Waals surface area contributed by atoms with Crippen molar-refractivity contribution in [2.45, 2.75) is 6.04 Å². The summed E-state index contributed by atoms with van der Waals surface area (Å²) in [5.41, 5.74) is 4.43. The SMILES string of the molecule is Cl.ONC(c1ccccc1)c1ccccc1. The lowest BCUT2D eigenvalue weighted by Gasteiger charge is -2.15. The first-order valence-corrected chi connectivity index (χ1v) is 4.91. The molecular formula is C13H14ClNO. The Labute approximate surface area is 101 Å². The molecule has 0 bridgehead atoms. The molecule has 0 amide bonds. The number of rotatable bonds is 3. The van der Waals surface area contributed by atoms with E-state index in [2.05, 4.69) is 5.48 Å². The van der Waals surface area contributed by atoms with Gasteiger partial charge < -0.3 is 5.21 Å². The lowest BCUT2D eigenvalue weighted by atomic mass is 10.00. The Morgan fingerprint density at radius 1 is 0.750 bits per heavy atom. The van der Waals surface area contributed by atoms with Gasteiger partial charge in [0, 0.05) is 0 Å². The number of halogens is 1. The minimum atomic E-state index is -0.160. The average Bonchev–Trinajstić information content (AvgIpc) is 2.33. The molecule has 2 aromatic rings. The summed E-state index contributed by atoms with van der Waals surface area (Å²) in [4.78, 5) is 0. The van der Waals surface area contributed by atoms with Gasteiger partial charge in [-0.05, 0) is 11.1 Å². The lowest BCUT2D eigenvalue weighted by Crippen LogP contribution is -2.17. The minimum absolute atomic E-state index is 0. The maximum Gasteiger partial charge on any atom is 0.0819 e. The molecule has 0 saturated heterocycles. The van der Waals surface area contributed by atoms with E-state index < -0.39 is 0 Å². The van der Waals surface area contributed by atoms with Gasteiger partial charge in [0.05, 0.1) is 6.04 Å². The molecule has 0 aliphatic heterocycles. The first kappa shape index (κ1) is 12.7. The predicted molar refractivity (Wildman–Crippen MR) is 66.9 cm³/mol. The van der Waals surface area contributed by atoms with Gasteiger partial charge in [-0.15, -0.1) is 12.4 Å². The fourth-order valence-electron chi connectivity index (χ4n) is 1.63. The summed E-state index contributed by atoms with van der Waals surface area (Å²) in [7, 11) is 0. The first-order valence-electron chi connectivity index (χ1n) is 4.91. The van der Waals surface area contributed by atoms with Gasteiger partial charge in [-0.3, -0.25) is 0 Å². The van der Waals surface area contributed by atoms with Gasteiger partial charge in [0.2, 0.25) is 0 Å². The van der Waals surface area contributed by atoms with Crippen LogP contribution in [-0.4, -0.2) is 5.21 Å². The molecule has 16 heavy (non-hydrogen) atoms. The largest absolute Gasteiger partial charge is 0.316 e. The summed E-state index contributed by atoms with van der Waals surface area (Å²) in [5, 5.41) is 9.18. The Kier molecular flexibility index (Phi) is 4.99. The highest BCUT2D eigenvalue weighted by molar-refractivity contribution is 5.85. The maximum absolute atomic E-state index is 9.18. The van der Waals surface area contributed by atoms with Crippen molar-refractivity contribution in [3.05, 3.63) is 71.8 Å². The molecule has 0 saturated carbocycles. The van der Waals surface area contributed by atoms with Crippen LogP contribution >= 0.6 is 12.4 Å². The van der Waals surface area contributed by atoms with E-state index in [1.54, 1.807) is 0 Å². The summed E-state index contributed by atoms with van der Waals surface area (Å²) in [6, 6.07) is 19.6. The third kappa shape index (κ3) is 2.83. The van der Waals surface area contributed by atoms with Crippen LogP contribution in [0.15, 0.2) is 60.7 Å². The summed E-state index contributed by atoms with van der Waals surface area (Å²) < 4.78 is 0. The van der Waals surface area contributed by atoms with Crippen LogP contribution < -0.4 is 5.48 Å². The Morgan fingerprint density at radius 2 is 1.12 bits per heavy atom. The van der Waals surface area contributed by atoms with E-state index in [0.717, 1.165) is 11.1 Å². The van der Waals surface area contributed by atoms with E-state index in [1.807, 2.05) is 60.7 Å². The molecule has 2 aromatic carbocycles. The second-order valence-corrected chi connectivity index (χ2v) is 3.38. The molecule has 0 heterocycles. The highest BCUT2D eigenvalue weighted by Gasteiger charge is 2.11. The van der Waals surface area contributed by atoms with Crippen LogP contribution in [0.3, 0.4) is 0 Å². The van der Waals surface area contributed by atoms with Gasteiger partial charge in [0.1, 0.15) is 0 Å². The molecule has 2 rings (SSSR count). The highest BCUT2D eigenvalue weighted by Crippen LogP contribution is 2.20. The quantitative estimate of drug-likeness (QED) is 0.801. The van der Waals surface area contributed by atoms with Gasteiger partial charge in [0.25, 0.3) is 0 Å². The molecule has 0 aliphatic carbocycles. The van der Waals surface area contributed by atoms with Gasteiger partial charge in [-0.25, -0.2) is 0 Å². The molecule has 0 unspecified atom stereocenters. The number of nitrogens with one attached hydrogen (secondary N) is 1. The zero-order chi connectivity index (χ0) is 10.5. The van der Waals surface area contributed by atoms with Gasteiger partial charge >= 0.3 is 0 Å². The van der Waals surface area contributed by atoms with Crippen molar-refractivity contribution in [3.8, 4) is 0 Å². The van der Waals surface area contributed by atoms with E-state index in [4.69, 9.17) is 0 Å². The summed E-state index contributed by atoms with van der Waals surface area (Å²) >= 11 is 0. The number of hydrogen-bond acceptors (Lipinski definition) is 2. The molecule has 2 N–H and O–H groups in total. The average molecular weight is 236 g/mol. The third-order valence-corrected chi connectivity index (χ3v) is 2.39. The molecule has 2 nitrogen and oxygen atoms in total. The molecule has 0 radical (unpaired) electrons.